The van der Waals surface area contributed by atoms with Crippen LogP contribution in [0.2, 0.25) is 0 Å². The summed E-state index contributed by atoms with van der Waals surface area (Å²) in [5.41, 5.74) is 0.134. The van der Waals surface area contributed by atoms with Gasteiger partial charge in [0.15, 0.2) is 23.9 Å². The van der Waals surface area contributed by atoms with E-state index in [4.69, 9.17) is 9.47 Å². The quantitative estimate of drug-likeness (QED) is 0.756. The van der Waals surface area contributed by atoms with Crippen molar-refractivity contribution in [1.29, 1.82) is 0 Å². The highest BCUT2D eigenvalue weighted by molar-refractivity contribution is 5.94. The van der Waals surface area contributed by atoms with E-state index in [1.54, 1.807) is 18.2 Å². The molecule has 2 amide bonds. The highest BCUT2D eigenvalue weighted by Gasteiger charge is 2.18. The molecule has 0 atom stereocenters. The number of rotatable bonds is 7. The Bertz CT molecular complexity index is 649. The second-order valence-electron chi connectivity index (χ2n) is 6.76. The molecule has 25 heavy (non-hydrogen) atoms. The number of likely N-dealkylation sites (N-methyl/N-ethyl adjacent to an activating group) is 1. The number of ketones is 1. The van der Waals surface area contributed by atoms with Gasteiger partial charge in [-0.1, -0.05) is 0 Å². The number of methoxy groups -OCH3 is 1. The van der Waals surface area contributed by atoms with Crippen molar-refractivity contribution in [1.82, 2.24) is 10.2 Å². The Morgan fingerprint density at radius 3 is 2.32 bits per heavy atom. The Balaban J connectivity index is 2.64. The normalized spacial score (nSPS) is 10.8. The predicted octanol–water partition coefficient (Wildman–Crippen LogP) is 1.65. The smallest absolute Gasteiger partial charge is 0.260 e. The molecule has 7 nitrogen and oxygen atoms in total. The first-order chi connectivity index (χ1) is 11.5. The summed E-state index contributed by atoms with van der Waals surface area (Å²) < 4.78 is 10.7. The molecule has 0 aliphatic rings. The van der Waals surface area contributed by atoms with E-state index in [-0.39, 0.29) is 36.3 Å². The topological polar surface area (TPSA) is 84.9 Å². The van der Waals surface area contributed by atoms with Gasteiger partial charge < -0.3 is 19.7 Å². The molecule has 0 saturated carbocycles. The number of amides is 2. The molecule has 0 spiro atoms. The molecule has 0 aliphatic heterocycles. The van der Waals surface area contributed by atoms with Gasteiger partial charge in [0.25, 0.3) is 5.91 Å². The zero-order chi connectivity index (χ0) is 19.2. The number of nitrogens with one attached hydrogen (secondary N) is 1. The molecule has 138 valence electrons. The van der Waals surface area contributed by atoms with Crippen molar-refractivity contribution in [3.05, 3.63) is 23.8 Å². The fourth-order valence-electron chi connectivity index (χ4n) is 2.02. The highest BCUT2D eigenvalue weighted by atomic mass is 16.5. The molecule has 7 heteroatoms. The lowest BCUT2D eigenvalue weighted by Crippen LogP contribution is -2.47. The minimum atomic E-state index is -0.358. The van der Waals surface area contributed by atoms with Gasteiger partial charge >= 0.3 is 0 Å². The molecule has 1 rings (SSSR count). The number of nitrogens with zero attached hydrogens (tertiary/aromatic N) is 1. The fraction of sp³-hybridized carbons (Fsp3) is 0.500. The first kappa shape index (κ1) is 20.5. The fourth-order valence-corrected chi connectivity index (χ4v) is 2.02. The van der Waals surface area contributed by atoms with E-state index in [1.165, 1.54) is 26.0 Å². The Hall–Kier alpha value is -2.57. The van der Waals surface area contributed by atoms with Crippen molar-refractivity contribution in [3.63, 3.8) is 0 Å². The van der Waals surface area contributed by atoms with Crippen LogP contribution in [0, 0.1) is 0 Å². The van der Waals surface area contributed by atoms with Crippen molar-refractivity contribution < 1.29 is 23.9 Å². The molecule has 0 saturated heterocycles. The lowest BCUT2D eigenvalue weighted by atomic mass is 10.1. The number of carbonyl (C=O) groups is 3. The van der Waals surface area contributed by atoms with Crippen LogP contribution in [0.4, 0.5) is 0 Å². The zero-order valence-electron chi connectivity index (χ0n) is 15.6. The first-order valence-electron chi connectivity index (χ1n) is 7.90. The summed E-state index contributed by atoms with van der Waals surface area (Å²) in [6.45, 7) is 6.76. The minimum Gasteiger partial charge on any atom is -0.493 e. The summed E-state index contributed by atoms with van der Waals surface area (Å²) in [4.78, 5) is 36.6. The third kappa shape index (κ3) is 6.82. The molecule has 1 aromatic rings. The van der Waals surface area contributed by atoms with Crippen LogP contribution in [0.1, 0.15) is 38.1 Å². The zero-order valence-corrected chi connectivity index (χ0v) is 15.6. The maximum absolute atomic E-state index is 12.1. The summed E-state index contributed by atoms with van der Waals surface area (Å²) in [7, 11) is 2.99. The van der Waals surface area contributed by atoms with Gasteiger partial charge in [0, 0.05) is 18.2 Å². The summed E-state index contributed by atoms with van der Waals surface area (Å²) in [5.74, 6) is 0.0426. The second kappa shape index (κ2) is 8.50. The van der Waals surface area contributed by atoms with Crippen molar-refractivity contribution >= 4 is 17.6 Å². The van der Waals surface area contributed by atoms with Crippen LogP contribution in [0.5, 0.6) is 11.5 Å². The molecule has 1 aromatic carbocycles. The number of ether oxygens (including phenoxy) is 2. The second-order valence-corrected chi connectivity index (χ2v) is 6.76. The molecule has 0 bridgehead atoms. The summed E-state index contributed by atoms with van der Waals surface area (Å²) in [5, 5.41) is 2.79. The molecule has 0 aromatic heterocycles. The van der Waals surface area contributed by atoms with E-state index in [0.29, 0.717) is 17.1 Å². The van der Waals surface area contributed by atoms with Crippen molar-refractivity contribution in [3.8, 4) is 11.5 Å². The maximum atomic E-state index is 12.1. The number of hydrogen-bond donors (Lipinski definition) is 1. The van der Waals surface area contributed by atoms with Crippen LogP contribution in [0.25, 0.3) is 0 Å². The van der Waals surface area contributed by atoms with E-state index in [9.17, 15) is 14.4 Å². The van der Waals surface area contributed by atoms with E-state index in [1.807, 2.05) is 20.8 Å². The van der Waals surface area contributed by atoms with Crippen LogP contribution in [0.15, 0.2) is 18.2 Å². The van der Waals surface area contributed by atoms with Gasteiger partial charge in [-0.25, -0.2) is 0 Å². The van der Waals surface area contributed by atoms with Gasteiger partial charge in [-0.05, 0) is 45.9 Å². The van der Waals surface area contributed by atoms with Crippen LogP contribution < -0.4 is 14.8 Å². The Kier molecular flexibility index (Phi) is 6.97. The average molecular weight is 350 g/mol. The Morgan fingerprint density at radius 2 is 1.80 bits per heavy atom. The third-order valence-corrected chi connectivity index (χ3v) is 3.24. The van der Waals surface area contributed by atoms with Crippen LogP contribution in [0.3, 0.4) is 0 Å². The first-order valence-corrected chi connectivity index (χ1v) is 7.90. The molecule has 0 radical (unpaired) electrons. The van der Waals surface area contributed by atoms with Crippen LogP contribution in [-0.2, 0) is 9.59 Å². The van der Waals surface area contributed by atoms with E-state index >= 15 is 0 Å². The molecule has 0 heterocycles. The number of carbonyl (C=O) groups excluding carboxylic acids is 3. The van der Waals surface area contributed by atoms with Gasteiger partial charge in [0.1, 0.15) is 0 Å². The lowest BCUT2D eigenvalue weighted by molar-refractivity contribution is -0.136. The van der Waals surface area contributed by atoms with Gasteiger partial charge in [-0.3, -0.25) is 14.4 Å². The highest BCUT2D eigenvalue weighted by Crippen LogP contribution is 2.28. The van der Waals surface area contributed by atoms with E-state index in [0.717, 1.165) is 0 Å². The Labute approximate surface area is 148 Å². The molecule has 0 unspecified atom stereocenters. The molecule has 0 fully saturated rings. The predicted molar refractivity (Wildman–Crippen MR) is 94.0 cm³/mol. The van der Waals surface area contributed by atoms with Gasteiger partial charge in [0.05, 0.1) is 13.7 Å². The molecule has 0 aliphatic carbocycles. The van der Waals surface area contributed by atoms with Crippen LogP contribution >= 0.6 is 0 Å². The molecular weight excluding hydrogens is 324 g/mol. The van der Waals surface area contributed by atoms with Gasteiger partial charge in [-0.2, -0.15) is 0 Å². The van der Waals surface area contributed by atoms with E-state index in [2.05, 4.69) is 5.32 Å². The van der Waals surface area contributed by atoms with Crippen molar-refractivity contribution in [2.45, 2.75) is 33.2 Å². The minimum absolute atomic E-state index is 0.0557. The van der Waals surface area contributed by atoms with Gasteiger partial charge in [0.2, 0.25) is 5.91 Å². The molecular formula is C18H26N2O5. The third-order valence-electron chi connectivity index (χ3n) is 3.24. The van der Waals surface area contributed by atoms with Crippen LogP contribution in [-0.4, -0.2) is 55.3 Å². The Morgan fingerprint density at radius 1 is 1.16 bits per heavy atom. The lowest BCUT2D eigenvalue weighted by Gasteiger charge is -2.23. The maximum Gasteiger partial charge on any atom is 0.260 e. The summed E-state index contributed by atoms with van der Waals surface area (Å²) in [6.07, 6.45) is 0. The van der Waals surface area contributed by atoms with Crippen molar-refractivity contribution in [2.24, 2.45) is 0 Å². The number of Topliss-reactive ketones (excluding diaryl/α,β-unsaturated/α-hetero) is 1. The number of hydrogen-bond acceptors (Lipinski definition) is 5. The SMILES string of the molecule is COc1cc(C(C)=O)ccc1OCC(=O)N(C)CC(=O)NC(C)(C)C. The summed E-state index contributed by atoms with van der Waals surface area (Å²) >= 11 is 0. The molecule has 1 N–H and O–H groups in total. The van der Waals surface area contributed by atoms with E-state index < -0.39 is 0 Å². The van der Waals surface area contributed by atoms with Gasteiger partial charge in [-0.15, -0.1) is 0 Å². The standard InChI is InChI=1S/C18H26N2O5/c1-12(21)13-7-8-14(15(9-13)24-6)25-11-17(23)20(5)10-16(22)19-18(2,3)4/h7-9H,10-11H2,1-6H3,(H,19,22). The summed E-state index contributed by atoms with van der Waals surface area (Å²) in [6, 6.07) is 4.74. The largest absolute Gasteiger partial charge is 0.493 e. The number of benzene rings is 1. The average Bonchev–Trinajstić information content (AvgIpc) is 2.50. The van der Waals surface area contributed by atoms with Crippen molar-refractivity contribution in [2.75, 3.05) is 27.3 Å². The monoisotopic (exact) mass is 350 g/mol.